The van der Waals surface area contributed by atoms with E-state index in [0.29, 0.717) is 0 Å². The van der Waals surface area contributed by atoms with Crippen molar-refractivity contribution in [1.82, 2.24) is 0 Å². The number of fused-ring (bicyclic) bond motifs is 1. The second kappa shape index (κ2) is 4.69. The quantitative estimate of drug-likeness (QED) is 0.923. The predicted molar refractivity (Wildman–Crippen MR) is 67.0 cm³/mol. The summed E-state index contributed by atoms with van der Waals surface area (Å²) in [4.78, 5) is 11.9. The molecule has 0 aromatic heterocycles. The minimum atomic E-state index is -3.71. The van der Waals surface area contributed by atoms with Gasteiger partial charge in [0.1, 0.15) is 5.82 Å². The Morgan fingerprint density at radius 2 is 1.67 bits per heavy atom. The summed E-state index contributed by atoms with van der Waals surface area (Å²) < 4.78 is 47.0. The molecule has 2 aromatic rings. The van der Waals surface area contributed by atoms with Crippen LogP contribution in [0.25, 0.3) is 0 Å². The first-order valence-corrected chi connectivity index (χ1v) is 5.90. The van der Waals surface area contributed by atoms with E-state index in [4.69, 9.17) is 0 Å². The van der Waals surface area contributed by atoms with E-state index in [-0.39, 0.29) is 22.7 Å². The first kappa shape index (κ1) is 13.3. The van der Waals surface area contributed by atoms with Crippen LogP contribution in [0.3, 0.4) is 0 Å². The molecule has 0 atom stereocenters. The third-order valence-electron chi connectivity index (χ3n) is 2.77. The third kappa shape index (κ3) is 2.76. The van der Waals surface area contributed by atoms with E-state index >= 15 is 0 Å². The summed E-state index contributed by atoms with van der Waals surface area (Å²) in [6, 6.07) is 8.79. The van der Waals surface area contributed by atoms with Crippen molar-refractivity contribution < 1.29 is 27.4 Å². The summed E-state index contributed by atoms with van der Waals surface area (Å²) in [6.45, 7) is 0. The van der Waals surface area contributed by atoms with Gasteiger partial charge >= 0.3 is 6.29 Å². The van der Waals surface area contributed by atoms with Gasteiger partial charge in [-0.2, -0.15) is 0 Å². The number of alkyl halides is 2. The lowest BCUT2D eigenvalue weighted by molar-refractivity contribution is -0.286. The Bertz CT molecular complexity index is 701. The predicted octanol–water partition coefficient (Wildman–Crippen LogP) is 3.40. The van der Waals surface area contributed by atoms with Gasteiger partial charge < -0.3 is 14.8 Å². The number of nitrogens with one attached hydrogen (secondary N) is 1. The highest BCUT2D eigenvalue weighted by atomic mass is 19.3. The number of hydrogen-bond donors (Lipinski definition) is 1. The maximum atomic E-state index is 12.9. The van der Waals surface area contributed by atoms with Gasteiger partial charge in [0.05, 0.1) is 0 Å². The SMILES string of the molecule is O=C(Nc1ccc2c(c1)OC(F)(F)O2)c1ccc(F)cc1. The molecule has 1 N–H and O–H groups in total. The number of benzene rings is 2. The molecule has 3 rings (SSSR count). The molecule has 108 valence electrons. The highest BCUT2D eigenvalue weighted by Crippen LogP contribution is 2.42. The number of carbonyl (C=O) groups is 1. The van der Waals surface area contributed by atoms with Gasteiger partial charge in [-0.05, 0) is 36.4 Å². The highest BCUT2D eigenvalue weighted by molar-refractivity contribution is 6.04. The summed E-state index contributed by atoms with van der Waals surface area (Å²) in [5.41, 5.74) is 0.490. The molecule has 0 spiro atoms. The zero-order valence-corrected chi connectivity index (χ0v) is 10.4. The van der Waals surface area contributed by atoms with Crippen LogP contribution in [0.2, 0.25) is 0 Å². The second-order valence-electron chi connectivity index (χ2n) is 4.29. The fourth-order valence-electron chi connectivity index (χ4n) is 1.83. The highest BCUT2D eigenvalue weighted by Gasteiger charge is 2.43. The Hall–Kier alpha value is -2.70. The summed E-state index contributed by atoms with van der Waals surface area (Å²) in [5.74, 6) is -1.24. The normalized spacial score (nSPS) is 14.8. The maximum Gasteiger partial charge on any atom is 0.586 e. The monoisotopic (exact) mass is 295 g/mol. The van der Waals surface area contributed by atoms with Crippen molar-refractivity contribution in [3.8, 4) is 11.5 Å². The zero-order chi connectivity index (χ0) is 15.0. The molecular formula is C14H8F3NO3. The smallest absolute Gasteiger partial charge is 0.395 e. The van der Waals surface area contributed by atoms with Crippen LogP contribution in [-0.2, 0) is 0 Å². The largest absolute Gasteiger partial charge is 0.586 e. The van der Waals surface area contributed by atoms with E-state index in [9.17, 15) is 18.0 Å². The second-order valence-corrected chi connectivity index (χ2v) is 4.29. The number of rotatable bonds is 2. The van der Waals surface area contributed by atoms with Crippen molar-refractivity contribution in [2.75, 3.05) is 5.32 Å². The molecule has 0 saturated heterocycles. The summed E-state index contributed by atoms with van der Waals surface area (Å²) in [6.07, 6.45) is -3.71. The van der Waals surface area contributed by atoms with Crippen LogP contribution in [0.1, 0.15) is 10.4 Å². The van der Waals surface area contributed by atoms with E-state index in [1.165, 1.54) is 30.3 Å². The number of hydrogen-bond acceptors (Lipinski definition) is 3. The average molecular weight is 295 g/mol. The van der Waals surface area contributed by atoms with Gasteiger partial charge in [-0.1, -0.05) is 0 Å². The van der Waals surface area contributed by atoms with Crippen molar-refractivity contribution in [1.29, 1.82) is 0 Å². The molecule has 0 aliphatic carbocycles. The number of carbonyl (C=O) groups excluding carboxylic acids is 1. The molecule has 7 heteroatoms. The first-order valence-electron chi connectivity index (χ1n) is 5.90. The van der Waals surface area contributed by atoms with Gasteiger partial charge in [0.15, 0.2) is 11.5 Å². The Kier molecular flexibility index (Phi) is 2.97. The Balaban J connectivity index is 1.77. The first-order chi connectivity index (χ1) is 9.93. The van der Waals surface area contributed by atoms with E-state index < -0.39 is 18.0 Å². The minimum Gasteiger partial charge on any atom is -0.395 e. The number of ether oxygens (including phenoxy) is 2. The average Bonchev–Trinajstić information content (AvgIpc) is 2.72. The van der Waals surface area contributed by atoms with Crippen LogP contribution >= 0.6 is 0 Å². The van der Waals surface area contributed by atoms with Crippen LogP contribution < -0.4 is 14.8 Å². The topological polar surface area (TPSA) is 47.6 Å². The summed E-state index contributed by atoms with van der Waals surface area (Å²) in [5, 5.41) is 2.49. The molecule has 0 radical (unpaired) electrons. The van der Waals surface area contributed by atoms with Gasteiger partial charge in [0.2, 0.25) is 0 Å². The lowest BCUT2D eigenvalue weighted by Gasteiger charge is -2.06. The molecule has 0 bridgehead atoms. The van der Waals surface area contributed by atoms with Crippen molar-refractivity contribution in [3.05, 3.63) is 53.8 Å². The Morgan fingerprint density at radius 3 is 2.38 bits per heavy atom. The number of halogens is 3. The molecule has 1 heterocycles. The number of amides is 1. The van der Waals surface area contributed by atoms with Gasteiger partial charge in [0, 0.05) is 17.3 Å². The van der Waals surface area contributed by atoms with Crippen molar-refractivity contribution in [2.24, 2.45) is 0 Å². The molecule has 4 nitrogen and oxygen atoms in total. The molecular weight excluding hydrogens is 287 g/mol. The third-order valence-corrected chi connectivity index (χ3v) is 2.77. The van der Waals surface area contributed by atoms with Crippen molar-refractivity contribution >= 4 is 11.6 Å². The minimum absolute atomic E-state index is 0.111. The van der Waals surface area contributed by atoms with Crippen LogP contribution in [0.4, 0.5) is 18.9 Å². The lowest BCUT2D eigenvalue weighted by Crippen LogP contribution is -2.25. The fraction of sp³-hybridized carbons (Fsp3) is 0.0714. The maximum absolute atomic E-state index is 12.9. The molecule has 0 unspecified atom stereocenters. The summed E-state index contributed by atoms with van der Waals surface area (Å²) >= 11 is 0. The van der Waals surface area contributed by atoms with E-state index in [1.54, 1.807) is 0 Å². The van der Waals surface area contributed by atoms with E-state index in [2.05, 4.69) is 14.8 Å². The number of anilines is 1. The molecule has 2 aromatic carbocycles. The van der Waals surface area contributed by atoms with Crippen LogP contribution in [0.5, 0.6) is 11.5 Å². The lowest BCUT2D eigenvalue weighted by atomic mass is 10.2. The standard InChI is InChI=1S/C14H8F3NO3/c15-9-3-1-8(2-4-9)13(19)18-10-5-6-11-12(7-10)21-14(16,17)20-11/h1-7H,(H,18,19). The molecule has 21 heavy (non-hydrogen) atoms. The van der Waals surface area contributed by atoms with Crippen molar-refractivity contribution in [2.45, 2.75) is 6.29 Å². The zero-order valence-electron chi connectivity index (χ0n) is 10.4. The fourth-order valence-corrected chi connectivity index (χ4v) is 1.83. The molecule has 1 aliphatic rings. The Morgan fingerprint density at radius 1 is 1.00 bits per heavy atom. The molecule has 0 saturated carbocycles. The van der Waals surface area contributed by atoms with Crippen LogP contribution in [0.15, 0.2) is 42.5 Å². The van der Waals surface area contributed by atoms with Gasteiger partial charge in [0.25, 0.3) is 5.91 Å². The van der Waals surface area contributed by atoms with E-state index in [0.717, 1.165) is 12.1 Å². The van der Waals surface area contributed by atoms with E-state index in [1.807, 2.05) is 0 Å². The molecule has 1 amide bonds. The van der Waals surface area contributed by atoms with Gasteiger partial charge in [-0.15, -0.1) is 8.78 Å². The van der Waals surface area contributed by atoms with Crippen molar-refractivity contribution in [3.63, 3.8) is 0 Å². The molecule has 0 fully saturated rings. The van der Waals surface area contributed by atoms with Gasteiger partial charge in [-0.3, -0.25) is 4.79 Å². The van der Waals surface area contributed by atoms with Crippen LogP contribution in [-0.4, -0.2) is 12.2 Å². The molecule has 1 aliphatic heterocycles. The summed E-state index contributed by atoms with van der Waals surface area (Å²) in [7, 11) is 0. The van der Waals surface area contributed by atoms with Gasteiger partial charge in [-0.25, -0.2) is 4.39 Å². The van der Waals surface area contributed by atoms with Crippen LogP contribution in [0, 0.1) is 5.82 Å². The Labute approximate surface area is 117 Å².